The van der Waals surface area contributed by atoms with E-state index in [1.807, 2.05) is 54.6 Å². The molecule has 0 aliphatic carbocycles. The predicted molar refractivity (Wildman–Crippen MR) is 75.0 cm³/mol. The van der Waals surface area contributed by atoms with E-state index in [-0.39, 0.29) is 0 Å². The van der Waals surface area contributed by atoms with Crippen molar-refractivity contribution in [1.29, 1.82) is 0 Å². The molecule has 0 amide bonds. The van der Waals surface area contributed by atoms with E-state index in [1.54, 1.807) is 0 Å². The summed E-state index contributed by atoms with van der Waals surface area (Å²) >= 11 is 0. The molecule has 0 saturated carbocycles. The Hall–Kier alpha value is -2.13. The zero-order chi connectivity index (χ0) is 13.5. The molecular formula is C16H17NO2. The predicted octanol–water partition coefficient (Wildman–Crippen LogP) is 2.33. The number of carbonyl (C=O) groups is 1. The summed E-state index contributed by atoms with van der Waals surface area (Å²) in [5.74, 6) is 0.812. The normalized spacial score (nSPS) is 11.8. The van der Waals surface area contributed by atoms with Crippen LogP contribution in [0.15, 0.2) is 54.6 Å². The fraction of sp³-hybridized carbons (Fsp3) is 0.188. The lowest BCUT2D eigenvalue weighted by Gasteiger charge is -2.08. The van der Waals surface area contributed by atoms with Gasteiger partial charge in [0, 0.05) is 0 Å². The van der Waals surface area contributed by atoms with Crippen LogP contribution in [0.3, 0.4) is 0 Å². The van der Waals surface area contributed by atoms with E-state index >= 15 is 0 Å². The van der Waals surface area contributed by atoms with Crippen LogP contribution in [0.5, 0.6) is 5.75 Å². The quantitative estimate of drug-likeness (QED) is 0.806. The molecule has 0 aliphatic heterocycles. The van der Waals surface area contributed by atoms with Gasteiger partial charge in [0.05, 0.1) is 6.04 Å². The van der Waals surface area contributed by atoms with Crippen LogP contribution >= 0.6 is 0 Å². The van der Waals surface area contributed by atoms with Gasteiger partial charge in [-0.2, -0.15) is 0 Å². The second-order valence-corrected chi connectivity index (χ2v) is 4.42. The Kier molecular flexibility index (Phi) is 4.70. The maximum absolute atomic E-state index is 10.5. The van der Waals surface area contributed by atoms with Crippen molar-refractivity contribution >= 4 is 6.29 Å². The molecule has 0 spiro atoms. The minimum atomic E-state index is -0.434. The van der Waals surface area contributed by atoms with Crippen LogP contribution in [0.2, 0.25) is 0 Å². The summed E-state index contributed by atoms with van der Waals surface area (Å²) < 4.78 is 5.68. The van der Waals surface area contributed by atoms with Crippen LogP contribution in [0.1, 0.15) is 11.1 Å². The fourth-order valence-electron chi connectivity index (χ4n) is 1.78. The van der Waals surface area contributed by atoms with Gasteiger partial charge in [-0.3, -0.25) is 0 Å². The van der Waals surface area contributed by atoms with Gasteiger partial charge in [0.15, 0.2) is 0 Å². The van der Waals surface area contributed by atoms with Gasteiger partial charge in [0.25, 0.3) is 0 Å². The highest BCUT2D eigenvalue weighted by molar-refractivity contribution is 5.57. The number of carbonyl (C=O) groups excluding carboxylic acids is 1. The third-order valence-electron chi connectivity index (χ3n) is 2.82. The molecular weight excluding hydrogens is 238 g/mol. The third kappa shape index (κ3) is 4.23. The molecule has 0 bridgehead atoms. The zero-order valence-corrected chi connectivity index (χ0v) is 10.7. The lowest BCUT2D eigenvalue weighted by atomic mass is 10.1. The molecule has 0 saturated heterocycles. The molecule has 0 aromatic heterocycles. The van der Waals surface area contributed by atoms with E-state index < -0.39 is 6.04 Å². The first kappa shape index (κ1) is 13.3. The van der Waals surface area contributed by atoms with Gasteiger partial charge in [-0.25, -0.2) is 0 Å². The molecule has 0 aliphatic rings. The molecule has 0 heterocycles. The number of nitrogens with two attached hydrogens (primary N) is 1. The summed E-state index contributed by atoms with van der Waals surface area (Å²) in [6, 6.07) is 17.2. The molecule has 98 valence electrons. The maximum atomic E-state index is 10.5. The van der Waals surface area contributed by atoms with Crippen molar-refractivity contribution in [3.05, 3.63) is 65.7 Å². The summed E-state index contributed by atoms with van der Waals surface area (Å²) in [6.07, 6.45) is 1.32. The summed E-state index contributed by atoms with van der Waals surface area (Å²) in [5, 5.41) is 0. The smallest absolute Gasteiger partial charge is 0.137 e. The molecule has 3 heteroatoms. The molecule has 1 atom stereocenters. The standard InChI is InChI=1S/C16H17NO2/c17-15(11-18)10-13-6-8-16(9-7-13)19-12-14-4-2-1-3-5-14/h1-9,11,15H,10,12,17H2/t15-/m1/s1. The summed E-state index contributed by atoms with van der Waals surface area (Å²) in [4.78, 5) is 10.5. The molecule has 2 rings (SSSR count). The van der Waals surface area contributed by atoms with Crippen LogP contribution in [0.4, 0.5) is 0 Å². The average molecular weight is 255 g/mol. The van der Waals surface area contributed by atoms with E-state index in [2.05, 4.69) is 0 Å². The first-order chi connectivity index (χ1) is 9.28. The van der Waals surface area contributed by atoms with Crippen molar-refractivity contribution in [3.63, 3.8) is 0 Å². The molecule has 2 aromatic rings. The van der Waals surface area contributed by atoms with Crippen molar-refractivity contribution < 1.29 is 9.53 Å². The van der Waals surface area contributed by atoms with E-state index in [1.165, 1.54) is 0 Å². The Morgan fingerprint density at radius 3 is 2.32 bits per heavy atom. The van der Waals surface area contributed by atoms with E-state index in [9.17, 15) is 4.79 Å². The fourth-order valence-corrected chi connectivity index (χ4v) is 1.78. The van der Waals surface area contributed by atoms with Gasteiger partial charge in [-0.15, -0.1) is 0 Å². The first-order valence-electron chi connectivity index (χ1n) is 6.24. The molecule has 0 radical (unpaired) electrons. The average Bonchev–Trinajstić information content (AvgIpc) is 2.47. The van der Waals surface area contributed by atoms with Gasteiger partial charge in [-0.05, 0) is 29.7 Å². The maximum Gasteiger partial charge on any atom is 0.137 e. The number of aldehydes is 1. The van der Waals surface area contributed by atoms with Crippen molar-refractivity contribution in [2.24, 2.45) is 5.73 Å². The number of hydrogen-bond donors (Lipinski definition) is 1. The van der Waals surface area contributed by atoms with Crippen LogP contribution in [-0.4, -0.2) is 12.3 Å². The Morgan fingerprint density at radius 1 is 1.00 bits per heavy atom. The number of ether oxygens (including phenoxy) is 1. The molecule has 3 nitrogen and oxygen atoms in total. The Balaban J connectivity index is 1.90. The summed E-state index contributed by atoms with van der Waals surface area (Å²) in [6.45, 7) is 0.550. The van der Waals surface area contributed by atoms with Crippen molar-refractivity contribution in [1.82, 2.24) is 0 Å². The van der Waals surface area contributed by atoms with Gasteiger partial charge in [0.1, 0.15) is 18.6 Å². The van der Waals surface area contributed by atoms with Gasteiger partial charge < -0.3 is 15.3 Å². The molecule has 2 aromatic carbocycles. The Morgan fingerprint density at radius 2 is 1.68 bits per heavy atom. The number of hydrogen-bond acceptors (Lipinski definition) is 3. The van der Waals surface area contributed by atoms with Crippen LogP contribution in [-0.2, 0) is 17.8 Å². The second-order valence-electron chi connectivity index (χ2n) is 4.42. The van der Waals surface area contributed by atoms with E-state index in [0.29, 0.717) is 13.0 Å². The molecule has 2 N–H and O–H groups in total. The zero-order valence-electron chi connectivity index (χ0n) is 10.7. The van der Waals surface area contributed by atoms with Crippen LogP contribution in [0.25, 0.3) is 0 Å². The van der Waals surface area contributed by atoms with Gasteiger partial charge >= 0.3 is 0 Å². The lowest BCUT2D eigenvalue weighted by Crippen LogP contribution is -2.23. The summed E-state index contributed by atoms with van der Waals surface area (Å²) in [5.41, 5.74) is 7.75. The Labute approximate surface area is 113 Å². The van der Waals surface area contributed by atoms with Crippen molar-refractivity contribution in [2.45, 2.75) is 19.1 Å². The van der Waals surface area contributed by atoms with E-state index in [4.69, 9.17) is 10.5 Å². The van der Waals surface area contributed by atoms with Crippen molar-refractivity contribution in [2.75, 3.05) is 0 Å². The molecule has 19 heavy (non-hydrogen) atoms. The first-order valence-corrected chi connectivity index (χ1v) is 6.24. The van der Waals surface area contributed by atoms with Crippen molar-refractivity contribution in [3.8, 4) is 5.75 Å². The second kappa shape index (κ2) is 6.71. The summed E-state index contributed by atoms with van der Waals surface area (Å²) in [7, 11) is 0. The van der Waals surface area contributed by atoms with Crippen LogP contribution in [0, 0.1) is 0 Å². The largest absolute Gasteiger partial charge is 0.489 e. The van der Waals surface area contributed by atoms with Gasteiger partial charge in [-0.1, -0.05) is 42.5 Å². The number of benzene rings is 2. The minimum absolute atomic E-state index is 0.434. The lowest BCUT2D eigenvalue weighted by molar-refractivity contribution is -0.108. The molecule has 0 unspecified atom stereocenters. The highest BCUT2D eigenvalue weighted by Crippen LogP contribution is 2.14. The van der Waals surface area contributed by atoms with Gasteiger partial charge in [0.2, 0.25) is 0 Å². The molecule has 0 fully saturated rings. The Bertz CT molecular complexity index is 508. The highest BCUT2D eigenvalue weighted by atomic mass is 16.5. The minimum Gasteiger partial charge on any atom is -0.489 e. The SMILES string of the molecule is N[C@@H](C=O)Cc1ccc(OCc2ccccc2)cc1. The monoisotopic (exact) mass is 255 g/mol. The number of rotatable bonds is 6. The van der Waals surface area contributed by atoms with E-state index in [0.717, 1.165) is 23.2 Å². The highest BCUT2D eigenvalue weighted by Gasteiger charge is 2.02. The third-order valence-corrected chi connectivity index (χ3v) is 2.82. The van der Waals surface area contributed by atoms with Crippen LogP contribution < -0.4 is 10.5 Å². The topological polar surface area (TPSA) is 52.3 Å².